The highest BCUT2D eigenvalue weighted by molar-refractivity contribution is 5.98. The quantitative estimate of drug-likeness (QED) is 0.0388. The van der Waals surface area contributed by atoms with Crippen LogP contribution >= 0.6 is 0 Å². The molecule has 5 rings (SSSR count). The number of hydrogen-bond acceptors (Lipinski definition) is 12. The van der Waals surface area contributed by atoms with Gasteiger partial charge in [-0.2, -0.15) is 0 Å². The molecule has 1 aromatic carbocycles. The van der Waals surface area contributed by atoms with Crippen LogP contribution in [0.1, 0.15) is 103 Å². The number of carboxylic acid groups (broad SMARTS) is 1. The van der Waals surface area contributed by atoms with Crippen molar-refractivity contribution in [3.63, 3.8) is 0 Å². The van der Waals surface area contributed by atoms with Crippen molar-refractivity contribution in [1.29, 1.82) is 0 Å². The summed E-state index contributed by atoms with van der Waals surface area (Å²) in [7, 11) is 0. The molecule has 8 N–H and O–H groups in total. The van der Waals surface area contributed by atoms with Crippen LogP contribution in [0.3, 0.4) is 0 Å². The maximum atomic E-state index is 14.2. The van der Waals surface area contributed by atoms with E-state index in [0.29, 0.717) is 24.2 Å². The summed E-state index contributed by atoms with van der Waals surface area (Å²) in [5, 5.41) is 21.1. The Hall–Kier alpha value is -7.32. The largest absolute Gasteiger partial charge is 0.481 e. The number of aromatic nitrogens is 5. The summed E-state index contributed by atoms with van der Waals surface area (Å²) in [6.45, 7) is 7.77. The fourth-order valence-electron chi connectivity index (χ4n) is 8.97. The second kappa shape index (κ2) is 26.0. The van der Waals surface area contributed by atoms with Crippen LogP contribution in [0.25, 0.3) is 10.9 Å². The lowest BCUT2D eigenvalue weighted by Gasteiger charge is -2.29. The van der Waals surface area contributed by atoms with E-state index in [4.69, 9.17) is 0 Å². The molecule has 7 atom stereocenters. The van der Waals surface area contributed by atoms with Crippen LogP contribution in [-0.4, -0.2) is 131 Å². The second-order valence-electron chi connectivity index (χ2n) is 19.0. The van der Waals surface area contributed by atoms with E-state index in [0.717, 1.165) is 16.5 Å². The molecule has 382 valence electrons. The number of amides is 5. The van der Waals surface area contributed by atoms with E-state index >= 15 is 0 Å². The van der Waals surface area contributed by atoms with Crippen molar-refractivity contribution in [2.24, 2.45) is 23.7 Å². The van der Waals surface area contributed by atoms with Gasteiger partial charge in [-0.1, -0.05) is 39.0 Å². The van der Waals surface area contributed by atoms with E-state index in [9.17, 15) is 53.1 Å². The number of fused-ring (bicyclic) bond motifs is 1. The molecule has 1 aliphatic heterocycles. The molecule has 4 aromatic rings. The fraction of sp³-hybridized carbons (Fsp3) is 0.520. The molecule has 0 spiro atoms. The molecule has 71 heavy (non-hydrogen) atoms. The number of carboxylic acids is 1. The van der Waals surface area contributed by atoms with Crippen LogP contribution < -0.4 is 21.3 Å². The third kappa shape index (κ3) is 16.4. The summed E-state index contributed by atoms with van der Waals surface area (Å²) in [6.07, 6.45) is 7.24. The number of Topliss-reactive ketones (excluding diaryl/α,β-unsaturated/α-hetero) is 4. The van der Waals surface area contributed by atoms with Gasteiger partial charge in [-0.15, -0.1) is 0 Å². The monoisotopic (exact) mass is 982 g/mol. The third-order valence-electron chi connectivity index (χ3n) is 12.7. The molecule has 0 aliphatic carbocycles. The predicted octanol–water partition coefficient (Wildman–Crippen LogP) is 2.47. The number of nitrogens with zero attached hydrogens (tertiary/aromatic N) is 3. The molecular formula is C50H66N10O11. The van der Waals surface area contributed by atoms with Gasteiger partial charge in [0.2, 0.25) is 29.5 Å². The highest BCUT2D eigenvalue weighted by Crippen LogP contribution is 2.24. The van der Waals surface area contributed by atoms with E-state index in [-0.39, 0.29) is 75.4 Å². The SMILES string of the molecule is CC(=O)N[C@@H](Cc1cnc[nH]1)C(=O)C[C@@H](Cc1cnc[nH]1)C(=O)N[C@@H](CCC(=O)O)C(=O)N1CCC[C@H]1C(=O)NCC(=O)C[C@@H](C)C(=O)N[C@@H](Cc1c[nH]c2ccccc12)C(=O)C[C@@H](CC(C)C)C(C)=O. The average Bonchev–Trinajstić information content (AvgIpc) is 4.17. The number of ketones is 4. The van der Waals surface area contributed by atoms with Crippen LogP contribution in [-0.2, 0) is 67.2 Å². The Morgan fingerprint density at radius 1 is 0.761 bits per heavy atom. The van der Waals surface area contributed by atoms with Crippen molar-refractivity contribution < 1.29 is 53.1 Å². The molecular weight excluding hydrogens is 917 g/mol. The number of benzene rings is 1. The van der Waals surface area contributed by atoms with Gasteiger partial charge in [-0.3, -0.25) is 47.9 Å². The predicted molar refractivity (Wildman–Crippen MR) is 258 cm³/mol. The Morgan fingerprint density at radius 3 is 2.01 bits per heavy atom. The van der Waals surface area contributed by atoms with E-state index in [1.165, 1.54) is 50.7 Å². The van der Waals surface area contributed by atoms with Crippen LogP contribution in [0.15, 0.2) is 55.5 Å². The number of imidazole rings is 2. The molecule has 21 nitrogen and oxygen atoms in total. The lowest BCUT2D eigenvalue weighted by atomic mass is 9.86. The van der Waals surface area contributed by atoms with Crippen LogP contribution in [0.5, 0.6) is 0 Å². The zero-order valence-corrected chi connectivity index (χ0v) is 40.9. The Morgan fingerprint density at radius 2 is 1.39 bits per heavy atom. The maximum absolute atomic E-state index is 14.2. The fourth-order valence-corrected chi connectivity index (χ4v) is 8.97. The smallest absolute Gasteiger partial charge is 0.303 e. The average molecular weight is 983 g/mol. The molecule has 1 aliphatic rings. The summed E-state index contributed by atoms with van der Waals surface area (Å²) < 4.78 is 0. The summed E-state index contributed by atoms with van der Waals surface area (Å²) in [6, 6.07) is 3.02. The first kappa shape index (κ1) is 54.6. The first-order chi connectivity index (χ1) is 33.8. The third-order valence-corrected chi connectivity index (χ3v) is 12.7. The van der Waals surface area contributed by atoms with Crippen molar-refractivity contribution in [2.75, 3.05) is 13.1 Å². The van der Waals surface area contributed by atoms with Crippen LogP contribution in [0, 0.1) is 23.7 Å². The number of hydrogen-bond donors (Lipinski definition) is 8. The molecule has 0 radical (unpaired) electrons. The van der Waals surface area contributed by atoms with Gasteiger partial charge in [0.15, 0.2) is 17.3 Å². The highest BCUT2D eigenvalue weighted by Gasteiger charge is 2.39. The first-order valence-corrected chi connectivity index (χ1v) is 24.0. The molecule has 0 bridgehead atoms. The molecule has 1 saturated heterocycles. The maximum Gasteiger partial charge on any atom is 0.303 e. The number of aliphatic carboxylic acids is 1. The van der Waals surface area contributed by atoms with Gasteiger partial charge >= 0.3 is 5.97 Å². The number of rotatable bonds is 29. The van der Waals surface area contributed by atoms with Gasteiger partial charge in [0, 0.05) is 111 Å². The van der Waals surface area contributed by atoms with Gasteiger partial charge in [0.1, 0.15) is 17.9 Å². The molecule has 3 aromatic heterocycles. The molecule has 1 fully saturated rings. The standard InChI is InChI=1S/C50H66N10O11/c1-28(2)15-32(30(4)61)19-44(64)41(18-34-22-53-39-10-7-6-9-38(34)39)59-47(68)29(3)16-37(63)25-54-49(70)43-11-8-14-60(43)50(71)40(12-13-46(66)67)58-48(69)33(17-35-23-51-26-55-35)20-45(65)42(57-31(5)62)21-36-24-52-27-56-36/h6-7,9-10,22-24,26-29,32-33,40-43,53H,8,11-21,25H2,1-5H3,(H,51,55)(H,52,56)(H,54,70)(H,57,62)(H,58,69)(H,59,68)(H,66,67)/t29-,32-,33-,40+,41+,42+,43+/m1/s1. The molecule has 4 heterocycles. The summed E-state index contributed by atoms with van der Waals surface area (Å²) in [5.41, 5.74) is 2.70. The van der Waals surface area contributed by atoms with Gasteiger partial charge in [0.05, 0.1) is 37.2 Å². The first-order valence-electron chi connectivity index (χ1n) is 24.0. The summed E-state index contributed by atoms with van der Waals surface area (Å²) in [4.78, 5) is 151. The number of carbonyl (C=O) groups excluding carboxylic acids is 9. The number of nitrogens with one attached hydrogen (secondary N) is 7. The minimum atomic E-state index is -1.42. The van der Waals surface area contributed by atoms with E-state index < -0.39 is 102 Å². The van der Waals surface area contributed by atoms with Crippen molar-refractivity contribution in [3.05, 3.63) is 72.5 Å². The van der Waals surface area contributed by atoms with Crippen molar-refractivity contribution in [2.45, 2.75) is 129 Å². The number of para-hydroxylation sites is 1. The second-order valence-corrected chi connectivity index (χ2v) is 19.0. The summed E-state index contributed by atoms with van der Waals surface area (Å²) >= 11 is 0. The van der Waals surface area contributed by atoms with Crippen LogP contribution in [0.2, 0.25) is 0 Å². The number of likely N-dealkylation sites (tertiary alicyclic amines) is 1. The Labute approximate surface area is 411 Å². The van der Waals surface area contributed by atoms with E-state index in [2.05, 4.69) is 46.2 Å². The lowest BCUT2D eigenvalue weighted by Crippen LogP contribution is -2.55. The Balaban J connectivity index is 1.22. The van der Waals surface area contributed by atoms with Crippen molar-refractivity contribution in [3.8, 4) is 0 Å². The molecule has 0 saturated carbocycles. The number of aromatic amines is 3. The topological polar surface area (TPSA) is 315 Å². The normalized spacial score (nSPS) is 16.0. The lowest BCUT2D eigenvalue weighted by molar-refractivity contribution is -0.143. The summed E-state index contributed by atoms with van der Waals surface area (Å²) in [5.74, 6) is -8.21. The minimum Gasteiger partial charge on any atom is -0.481 e. The molecule has 5 amide bonds. The van der Waals surface area contributed by atoms with Crippen molar-refractivity contribution >= 4 is 69.5 Å². The van der Waals surface area contributed by atoms with Crippen LogP contribution in [0.4, 0.5) is 0 Å². The molecule has 0 unspecified atom stereocenters. The zero-order chi connectivity index (χ0) is 51.8. The van der Waals surface area contributed by atoms with E-state index in [1.807, 2.05) is 38.1 Å². The van der Waals surface area contributed by atoms with Gasteiger partial charge in [-0.25, -0.2) is 9.97 Å². The number of carbonyl (C=O) groups is 10. The number of H-pyrrole nitrogens is 3. The Bertz CT molecular complexity index is 2520. The Kier molecular flexibility index (Phi) is 20.0. The van der Waals surface area contributed by atoms with Gasteiger partial charge in [-0.05, 0) is 50.2 Å². The minimum absolute atomic E-state index is 0.0268. The van der Waals surface area contributed by atoms with Crippen molar-refractivity contribution in [1.82, 2.24) is 51.1 Å². The van der Waals surface area contributed by atoms with Gasteiger partial charge < -0.3 is 46.2 Å². The molecule has 21 heteroatoms. The zero-order valence-electron chi connectivity index (χ0n) is 40.9. The van der Waals surface area contributed by atoms with Gasteiger partial charge in [0.25, 0.3) is 0 Å². The highest BCUT2D eigenvalue weighted by atomic mass is 16.4. The van der Waals surface area contributed by atoms with E-state index in [1.54, 1.807) is 6.20 Å².